The average molecular weight is 837 g/mol. The van der Waals surface area contributed by atoms with E-state index in [0.717, 1.165) is 17.2 Å². The van der Waals surface area contributed by atoms with Gasteiger partial charge in [0.2, 0.25) is 0 Å². The van der Waals surface area contributed by atoms with Crippen LogP contribution in [0.1, 0.15) is 32.6 Å². The number of hydrogen-bond acceptors (Lipinski definition) is 16. The van der Waals surface area contributed by atoms with E-state index in [4.69, 9.17) is 20.1 Å². The van der Waals surface area contributed by atoms with Gasteiger partial charge in [-0.2, -0.15) is 28.9 Å². The van der Waals surface area contributed by atoms with E-state index < -0.39 is 15.0 Å². The van der Waals surface area contributed by atoms with Crippen molar-refractivity contribution in [3.63, 3.8) is 0 Å². The first-order chi connectivity index (χ1) is 28.1. The van der Waals surface area contributed by atoms with Gasteiger partial charge >= 0.3 is 0 Å². The first kappa shape index (κ1) is 42.0. The highest BCUT2D eigenvalue weighted by Crippen LogP contribution is 2.45. The summed E-state index contributed by atoms with van der Waals surface area (Å²) in [5.41, 5.74) is 12.0. The number of fused-ring (bicyclic) bond motifs is 1. The lowest BCUT2D eigenvalue weighted by Gasteiger charge is -2.11. The van der Waals surface area contributed by atoms with E-state index in [0.29, 0.717) is 73.6 Å². The van der Waals surface area contributed by atoms with Crippen molar-refractivity contribution < 1.29 is 42.2 Å². The number of ether oxygens (including phenoxy) is 1. The van der Waals surface area contributed by atoms with Crippen LogP contribution in [-0.2, 0) is 19.5 Å². The Morgan fingerprint density at radius 3 is 1.78 bits per heavy atom. The summed E-state index contributed by atoms with van der Waals surface area (Å²) < 4.78 is 43.3. The Balaban J connectivity index is 1.22. The van der Waals surface area contributed by atoms with Crippen LogP contribution in [0.3, 0.4) is 0 Å². The first-order valence-corrected chi connectivity index (χ1v) is 19.6. The highest BCUT2D eigenvalue weighted by atomic mass is 32.2. The summed E-state index contributed by atoms with van der Waals surface area (Å²) in [6, 6.07) is 24.1. The number of hydrogen-bond donors (Lipinski definition) is 5. The molecule has 6 aromatic carbocycles. The predicted molar refractivity (Wildman–Crippen MR) is 222 cm³/mol. The number of carbonyl (C=O) groups is 1. The van der Waals surface area contributed by atoms with Crippen LogP contribution in [0.25, 0.3) is 10.8 Å². The molecule has 0 saturated heterocycles. The Hall–Kier alpha value is -6.61. The number of anilines is 2. The van der Waals surface area contributed by atoms with Gasteiger partial charge in [-0.05, 0) is 140 Å². The number of rotatable bonds is 13. The van der Waals surface area contributed by atoms with Gasteiger partial charge in [-0.25, -0.2) is 5.26 Å². The lowest BCUT2D eigenvalue weighted by atomic mass is 10.1. The zero-order valence-electron chi connectivity index (χ0n) is 32.0. The quantitative estimate of drug-likeness (QED) is 0.0183. The van der Waals surface area contributed by atoms with E-state index in [9.17, 15) is 22.9 Å². The van der Waals surface area contributed by atoms with Gasteiger partial charge < -0.3 is 20.9 Å². The maximum absolute atomic E-state index is 12.8. The van der Waals surface area contributed by atoms with Gasteiger partial charge in [-0.3, -0.25) is 9.35 Å². The number of aromatic hydroxyl groups is 1. The maximum Gasteiger partial charge on any atom is 0.296 e. The van der Waals surface area contributed by atoms with Crippen LogP contribution in [0.5, 0.6) is 11.5 Å². The van der Waals surface area contributed by atoms with Gasteiger partial charge in [-0.15, -0.1) is 14.6 Å². The zero-order chi connectivity index (χ0) is 42.4. The number of aryl methyl sites for hydroxylation is 4. The van der Waals surface area contributed by atoms with Gasteiger partial charge in [0.15, 0.2) is 5.75 Å². The Morgan fingerprint density at radius 1 is 0.712 bits per heavy atom. The topological polar surface area (TPSA) is 252 Å². The number of azo groups is 3. The summed E-state index contributed by atoms with van der Waals surface area (Å²) in [7, 11) is -3.22. The molecule has 0 aliphatic rings. The number of nitrogens with two attached hydrogens (primary N) is 1. The summed E-state index contributed by atoms with van der Waals surface area (Å²) in [5, 5.41) is 53.8. The second-order valence-electron chi connectivity index (χ2n) is 13.1. The Kier molecular flexibility index (Phi) is 12.7. The van der Waals surface area contributed by atoms with E-state index in [1.165, 1.54) is 19.2 Å². The SMILES string of the molecule is COc1ccc(N=Nc2cc(C)c(N=Nc3cc(C)c(N=Nc4c(SOOO)cc5cc(NC(=O)c6ccc(N)cc6)ccc5c4O)cc3C)cc2C)c(S(=O)(=O)O)c1. The minimum absolute atomic E-state index is 0.0377. The van der Waals surface area contributed by atoms with Crippen LogP contribution in [-0.4, -0.2) is 36.4 Å². The second kappa shape index (κ2) is 17.9. The molecule has 0 atom stereocenters. The molecule has 0 heterocycles. The van der Waals surface area contributed by atoms with Crippen molar-refractivity contribution in [2.45, 2.75) is 37.5 Å². The van der Waals surface area contributed by atoms with Crippen molar-refractivity contribution in [1.29, 1.82) is 0 Å². The zero-order valence-corrected chi connectivity index (χ0v) is 33.7. The molecule has 0 bridgehead atoms. The molecule has 0 unspecified atom stereocenters. The molecule has 0 aliphatic heterocycles. The molecule has 0 spiro atoms. The summed E-state index contributed by atoms with van der Waals surface area (Å²) in [6.45, 7) is 7.26. The fraction of sp³-hybridized carbons (Fsp3) is 0.125. The highest BCUT2D eigenvalue weighted by Gasteiger charge is 2.19. The van der Waals surface area contributed by atoms with Crippen LogP contribution in [0, 0.1) is 27.7 Å². The van der Waals surface area contributed by atoms with E-state index in [-0.39, 0.29) is 33.7 Å². The van der Waals surface area contributed by atoms with E-state index in [2.05, 4.69) is 41.0 Å². The predicted octanol–water partition coefficient (Wildman–Crippen LogP) is 11.5. The largest absolute Gasteiger partial charge is 0.505 e. The molecule has 17 nitrogen and oxygen atoms in total. The first-order valence-electron chi connectivity index (χ1n) is 17.4. The van der Waals surface area contributed by atoms with Gasteiger partial charge in [0.05, 0.1) is 46.8 Å². The fourth-order valence-corrected chi connectivity index (χ4v) is 6.85. The lowest BCUT2D eigenvalue weighted by Crippen LogP contribution is -2.11. The third-order valence-corrected chi connectivity index (χ3v) is 10.4. The molecule has 0 aromatic heterocycles. The average Bonchev–Trinajstić information content (AvgIpc) is 3.20. The number of nitrogens with zero attached hydrogens (tertiary/aromatic N) is 6. The number of nitrogen functional groups attached to an aromatic ring is 1. The molecule has 59 heavy (non-hydrogen) atoms. The summed E-state index contributed by atoms with van der Waals surface area (Å²) in [6.07, 6.45) is 0. The minimum Gasteiger partial charge on any atom is -0.505 e. The molecule has 0 radical (unpaired) electrons. The number of carbonyl (C=O) groups excluding carboxylic acids is 1. The molecule has 6 N–H and O–H groups in total. The monoisotopic (exact) mass is 836 g/mol. The fourth-order valence-electron chi connectivity index (χ4n) is 5.71. The van der Waals surface area contributed by atoms with Crippen LogP contribution < -0.4 is 15.8 Å². The molecule has 19 heteroatoms. The van der Waals surface area contributed by atoms with Crippen LogP contribution in [0.4, 0.5) is 45.5 Å². The normalized spacial score (nSPS) is 12.0. The van der Waals surface area contributed by atoms with E-state index in [1.54, 1.807) is 79.7 Å². The smallest absolute Gasteiger partial charge is 0.296 e. The molecule has 6 rings (SSSR count). The van der Waals surface area contributed by atoms with Crippen molar-refractivity contribution in [2.24, 2.45) is 30.7 Å². The second-order valence-corrected chi connectivity index (χ2v) is 15.2. The number of nitrogens with one attached hydrogen (secondary N) is 1. The van der Waals surface area contributed by atoms with Gasteiger partial charge in [-0.1, -0.05) is 5.04 Å². The molecule has 0 aliphatic carbocycles. The van der Waals surface area contributed by atoms with Crippen molar-refractivity contribution in [3.05, 3.63) is 119 Å². The molecule has 6 aromatic rings. The maximum atomic E-state index is 12.8. The van der Waals surface area contributed by atoms with Gasteiger partial charge in [0.1, 0.15) is 22.0 Å². The van der Waals surface area contributed by atoms with Crippen molar-refractivity contribution in [1.82, 2.24) is 0 Å². The third kappa shape index (κ3) is 9.92. The summed E-state index contributed by atoms with van der Waals surface area (Å²) in [5.74, 6) is -0.347. The van der Waals surface area contributed by atoms with Crippen LogP contribution in [0.15, 0.2) is 131 Å². The minimum atomic E-state index is -4.59. The van der Waals surface area contributed by atoms with Crippen molar-refractivity contribution >= 4 is 84.3 Å². The number of methoxy groups -OCH3 is 1. The highest BCUT2D eigenvalue weighted by molar-refractivity contribution is 7.94. The Labute approximate surface area is 342 Å². The molecular formula is C40H36N8O9S2. The molecule has 0 saturated carbocycles. The number of phenols is 1. The number of amides is 1. The lowest BCUT2D eigenvalue weighted by molar-refractivity contribution is -0.432. The third-order valence-electron chi connectivity index (χ3n) is 8.90. The van der Waals surface area contributed by atoms with Crippen molar-refractivity contribution in [2.75, 3.05) is 18.2 Å². The van der Waals surface area contributed by atoms with Gasteiger partial charge in [0, 0.05) is 28.4 Å². The molecule has 0 fully saturated rings. The van der Waals surface area contributed by atoms with E-state index >= 15 is 0 Å². The summed E-state index contributed by atoms with van der Waals surface area (Å²) in [4.78, 5) is 12.6. The van der Waals surface area contributed by atoms with Gasteiger partial charge in [0.25, 0.3) is 16.0 Å². The standard InChI is InChI=1S/C40H36N8O9S2/c1-21-15-33(22(2)14-32(21)44-43-31-13-11-29(55-5)20-37(31)59(52,53)54)45-46-34-16-24(4)35(17-23(34)3)47-48-38-36(58-57-56-51)19-26-18-28(10-12-30(26)39(38)49)42-40(50)25-6-8-27(41)9-7-25/h6-20,49,51H,41H2,1-5H3,(H,42,50)(H,52,53,54). The number of benzene rings is 6. The van der Waals surface area contributed by atoms with Crippen LogP contribution >= 0.6 is 12.0 Å². The van der Waals surface area contributed by atoms with E-state index in [1.807, 2.05) is 20.8 Å². The van der Waals surface area contributed by atoms with Crippen LogP contribution in [0.2, 0.25) is 0 Å². The summed E-state index contributed by atoms with van der Waals surface area (Å²) >= 11 is 0.592. The molecule has 1 amide bonds. The Morgan fingerprint density at radius 2 is 1.25 bits per heavy atom. The van der Waals surface area contributed by atoms with Crippen molar-refractivity contribution in [3.8, 4) is 11.5 Å². The number of phenolic OH excluding ortho intramolecular Hbond substituents is 1. The molecule has 302 valence electrons. The molecular weight excluding hydrogens is 801 g/mol. The Bertz CT molecular complexity index is 2800.